The molecule has 172 valence electrons. The summed E-state index contributed by atoms with van der Waals surface area (Å²) in [7, 11) is 0. The molecule has 0 unspecified atom stereocenters. The number of carbonyl (C=O) groups excluding carboxylic acids is 3. The van der Waals surface area contributed by atoms with Crippen molar-refractivity contribution in [2.45, 2.75) is 40.2 Å². The Morgan fingerprint density at radius 2 is 1.36 bits per heavy atom. The molecule has 0 aliphatic carbocycles. The standard InChI is InChI=1S/C26H28N2O5/c1-5-32-25(30)22-17(3)27-18(4)23(26(31)33-6-2)24(22)20-12-14-28(15-13-20)16-21(29)19-10-8-7-9-11-19/h7-15,24H,5-6,16H2,1-4H3/p+1. The Morgan fingerprint density at radius 3 is 1.85 bits per heavy atom. The number of ether oxygens (including phenoxy) is 2. The largest absolute Gasteiger partial charge is 0.463 e. The maximum Gasteiger partial charge on any atom is 0.336 e. The lowest BCUT2D eigenvalue weighted by molar-refractivity contribution is -0.683. The fraction of sp³-hybridized carbons (Fsp3) is 0.308. The molecule has 1 aliphatic rings. The predicted molar refractivity (Wildman–Crippen MR) is 122 cm³/mol. The number of ketones is 1. The van der Waals surface area contributed by atoms with Gasteiger partial charge < -0.3 is 14.8 Å². The van der Waals surface area contributed by atoms with Crippen molar-refractivity contribution < 1.29 is 28.4 Å². The number of nitrogens with one attached hydrogen (secondary N) is 1. The van der Waals surface area contributed by atoms with E-state index in [1.54, 1.807) is 56.8 Å². The predicted octanol–water partition coefficient (Wildman–Crippen LogP) is 3.22. The Bertz CT molecular complexity index is 1060. The summed E-state index contributed by atoms with van der Waals surface area (Å²) in [6.45, 7) is 7.66. The van der Waals surface area contributed by atoms with Crippen LogP contribution >= 0.6 is 0 Å². The molecule has 7 nitrogen and oxygen atoms in total. The Hall–Kier alpha value is -3.74. The third-order valence-electron chi connectivity index (χ3n) is 5.42. The molecule has 0 fully saturated rings. The maximum absolute atomic E-state index is 12.8. The molecule has 0 spiro atoms. The summed E-state index contributed by atoms with van der Waals surface area (Å²) in [5.74, 6) is -1.64. The van der Waals surface area contributed by atoms with Crippen molar-refractivity contribution in [1.29, 1.82) is 0 Å². The van der Waals surface area contributed by atoms with Gasteiger partial charge >= 0.3 is 11.9 Å². The second kappa shape index (κ2) is 10.7. The van der Waals surface area contributed by atoms with Gasteiger partial charge in [-0.3, -0.25) is 4.79 Å². The zero-order valence-corrected chi connectivity index (χ0v) is 19.4. The van der Waals surface area contributed by atoms with Crippen LogP contribution in [-0.2, 0) is 25.6 Å². The minimum atomic E-state index is -0.649. The smallest absolute Gasteiger partial charge is 0.336 e. The number of benzene rings is 1. The summed E-state index contributed by atoms with van der Waals surface area (Å²) in [4.78, 5) is 38.2. The second-order valence-corrected chi connectivity index (χ2v) is 7.67. The number of pyridine rings is 1. The monoisotopic (exact) mass is 449 g/mol. The van der Waals surface area contributed by atoms with Crippen LogP contribution in [0.25, 0.3) is 0 Å². The third kappa shape index (κ3) is 5.37. The first-order chi connectivity index (χ1) is 15.9. The van der Waals surface area contributed by atoms with E-state index >= 15 is 0 Å². The highest BCUT2D eigenvalue weighted by Gasteiger charge is 2.38. The zero-order valence-electron chi connectivity index (χ0n) is 19.4. The average molecular weight is 450 g/mol. The van der Waals surface area contributed by atoms with Crippen LogP contribution in [0.3, 0.4) is 0 Å². The average Bonchev–Trinajstić information content (AvgIpc) is 2.80. The van der Waals surface area contributed by atoms with Crippen molar-refractivity contribution >= 4 is 17.7 Å². The van der Waals surface area contributed by atoms with Crippen LogP contribution in [0.15, 0.2) is 77.4 Å². The Kier molecular flexibility index (Phi) is 7.77. The number of Topliss-reactive ketones (excluding diaryl/α,β-unsaturated/α-hetero) is 1. The van der Waals surface area contributed by atoms with Gasteiger partial charge in [0.2, 0.25) is 12.3 Å². The summed E-state index contributed by atoms with van der Waals surface area (Å²) in [5, 5.41) is 3.12. The molecule has 1 aromatic heterocycles. The summed E-state index contributed by atoms with van der Waals surface area (Å²) >= 11 is 0. The SMILES string of the molecule is CCOC(=O)C1=C(C)NC(C)=C(C(=O)OCC)C1c1cc[n+](CC(=O)c2ccccc2)cc1. The van der Waals surface area contributed by atoms with Gasteiger partial charge in [0.15, 0.2) is 12.4 Å². The van der Waals surface area contributed by atoms with Crippen LogP contribution in [0.4, 0.5) is 0 Å². The lowest BCUT2D eigenvalue weighted by Crippen LogP contribution is -2.38. The van der Waals surface area contributed by atoms with E-state index in [1.165, 1.54) is 0 Å². The normalized spacial score (nSPS) is 14.1. The molecule has 0 saturated carbocycles. The number of carbonyl (C=O) groups is 3. The first-order valence-corrected chi connectivity index (χ1v) is 11.0. The van der Waals surface area contributed by atoms with Gasteiger partial charge in [-0.15, -0.1) is 0 Å². The van der Waals surface area contributed by atoms with Crippen molar-refractivity contribution in [1.82, 2.24) is 5.32 Å². The van der Waals surface area contributed by atoms with Crippen LogP contribution in [0.5, 0.6) is 0 Å². The molecule has 0 amide bonds. The maximum atomic E-state index is 12.8. The fourth-order valence-electron chi connectivity index (χ4n) is 3.93. The zero-order chi connectivity index (χ0) is 24.0. The van der Waals surface area contributed by atoms with E-state index in [-0.39, 0.29) is 25.5 Å². The van der Waals surface area contributed by atoms with Gasteiger partial charge in [0, 0.05) is 29.1 Å². The van der Waals surface area contributed by atoms with Gasteiger partial charge in [0.05, 0.1) is 30.3 Å². The van der Waals surface area contributed by atoms with Gasteiger partial charge in [-0.2, -0.15) is 4.57 Å². The van der Waals surface area contributed by atoms with Crippen LogP contribution in [0, 0.1) is 0 Å². The quantitative estimate of drug-likeness (QED) is 0.378. The van der Waals surface area contributed by atoms with Crippen LogP contribution in [0.2, 0.25) is 0 Å². The molecular formula is C26H29N2O5+. The molecule has 7 heteroatoms. The van der Waals surface area contributed by atoms with Crippen molar-refractivity contribution in [3.05, 3.63) is 88.5 Å². The van der Waals surface area contributed by atoms with Gasteiger partial charge in [-0.05, 0) is 33.3 Å². The Morgan fingerprint density at radius 1 is 0.848 bits per heavy atom. The van der Waals surface area contributed by atoms with E-state index in [0.717, 1.165) is 5.56 Å². The van der Waals surface area contributed by atoms with Gasteiger partial charge in [-0.25, -0.2) is 9.59 Å². The van der Waals surface area contributed by atoms with Crippen molar-refractivity contribution in [3.63, 3.8) is 0 Å². The molecule has 0 saturated heterocycles. The second-order valence-electron chi connectivity index (χ2n) is 7.67. The van der Waals surface area contributed by atoms with E-state index in [1.807, 2.05) is 30.3 Å². The highest BCUT2D eigenvalue weighted by Crippen LogP contribution is 2.38. The molecule has 1 aliphatic heterocycles. The number of allylic oxidation sites excluding steroid dienone is 2. The lowest BCUT2D eigenvalue weighted by atomic mass is 9.80. The lowest BCUT2D eigenvalue weighted by Gasteiger charge is -2.30. The molecule has 3 rings (SSSR count). The van der Waals surface area contributed by atoms with Gasteiger partial charge in [0.25, 0.3) is 0 Å². The molecule has 1 N–H and O–H groups in total. The third-order valence-corrected chi connectivity index (χ3v) is 5.42. The first kappa shape index (κ1) is 23.9. The Balaban J connectivity index is 1.97. The van der Waals surface area contributed by atoms with Crippen LogP contribution in [-0.4, -0.2) is 30.9 Å². The van der Waals surface area contributed by atoms with Gasteiger partial charge in [0.1, 0.15) is 0 Å². The molecule has 2 aromatic rings. The summed E-state index contributed by atoms with van der Waals surface area (Å²) in [6.07, 6.45) is 3.54. The Labute approximate surface area is 193 Å². The van der Waals surface area contributed by atoms with Gasteiger partial charge in [-0.1, -0.05) is 30.3 Å². The number of hydrogen-bond donors (Lipinski definition) is 1. The number of dihydropyridines is 1. The van der Waals surface area contributed by atoms with E-state index in [4.69, 9.17) is 9.47 Å². The molecule has 0 atom stereocenters. The van der Waals surface area contributed by atoms with Crippen molar-refractivity contribution in [2.75, 3.05) is 13.2 Å². The summed E-state index contributed by atoms with van der Waals surface area (Å²) in [6, 6.07) is 12.7. The first-order valence-electron chi connectivity index (χ1n) is 11.0. The molecule has 0 bridgehead atoms. The molecular weight excluding hydrogens is 420 g/mol. The highest BCUT2D eigenvalue weighted by atomic mass is 16.5. The summed E-state index contributed by atoms with van der Waals surface area (Å²) in [5.41, 5.74) is 3.34. The molecule has 2 heterocycles. The minimum absolute atomic E-state index is 0.0128. The van der Waals surface area contributed by atoms with E-state index in [0.29, 0.717) is 28.1 Å². The number of hydrogen-bond acceptors (Lipinski definition) is 6. The van der Waals surface area contributed by atoms with E-state index < -0.39 is 17.9 Å². The number of rotatable bonds is 8. The highest BCUT2D eigenvalue weighted by molar-refractivity contribution is 6.00. The molecule has 33 heavy (non-hydrogen) atoms. The van der Waals surface area contributed by atoms with Crippen LogP contribution < -0.4 is 9.88 Å². The number of nitrogens with zero attached hydrogens (tertiary/aromatic N) is 1. The van der Waals surface area contributed by atoms with Crippen molar-refractivity contribution in [3.8, 4) is 0 Å². The van der Waals surface area contributed by atoms with Crippen LogP contribution in [0.1, 0.15) is 49.5 Å². The fourth-order valence-corrected chi connectivity index (χ4v) is 3.93. The number of esters is 2. The van der Waals surface area contributed by atoms with E-state index in [2.05, 4.69) is 5.32 Å². The molecule has 1 aromatic carbocycles. The minimum Gasteiger partial charge on any atom is -0.463 e. The number of aromatic nitrogens is 1. The molecule has 0 radical (unpaired) electrons. The van der Waals surface area contributed by atoms with Crippen molar-refractivity contribution in [2.24, 2.45) is 0 Å². The topological polar surface area (TPSA) is 85.6 Å². The van der Waals surface area contributed by atoms with E-state index in [9.17, 15) is 14.4 Å². The summed E-state index contributed by atoms with van der Waals surface area (Å²) < 4.78 is 12.3.